The van der Waals surface area contributed by atoms with E-state index in [9.17, 15) is 4.79 Å². The second-order valence-corrected chi connectivity index (χ2v) is 3.86. The number of hydrogen-bond donors (Lipinski definition) is 1. The first-order chi connectivity index (χ1) is 7.06. The van der Waals surface area contributed by atoms with Crippen molar-refractivity contribution in [2.24, 2.45) is 0 Å². The Hall–Kier alpha value is -1.09. The van der Waals surface area contributed by atoms with Crippen LogP contribution in [0.5, 0.6) is 0 Å². The van der Waals surface area contributed by atoms with Crippen LogP contribution in [0.4, 0.5) is 0 Å². The van der Waals surface area contributed by atoms with Crippen molar-refractivity contribution in [3.8, 4) is 0 Å². The monoisotopic (exact) mass is 226 g/mol. The van der Waals surface area contributed by atoms with Crippen molar-refractivity contribution in [3.05, 3.63) is 28.0 Å². The normalized spacial score (nSPS) is 10.1. The van der Waals surface area contributed by atoms with Crippen LogP contribution in [0.1, 0.15) is 35.0 Å². The fourth-order valence-corrected chi connectivity index (χ4v) is 1.76. The Balaban J connectivity index is 2.98. The smallest absolute Gasteiger partial charge is 0.254 e. The van der Waals surface area contributed by atoms with E-state index in [0.717, 1.165) is 17.7 Å². The highest BCUT2D eigenvalue weighted by molar-refractivity contribution is 6.32. The summed E-state index contributed by atoms with van der Waals surface area (Å²) in [6.45, 7) is 6.37. The number of pyridine rings is 1. The van der Waals surface area contributed by atoms with E-state index < -0.39 is 0 Å². The predicted octanol–water partition coefficient (Wildman–Crippen LogP) is 2.49. The number of carbonyl (C=O) groups is 1. The lowest BCUT2D eigenvalue weighted by Crippen LogP contribution is -2.25. The van der Waals surface area contributed by atoms with Crippen LogP contribution in [0, 0.1) is 13.8 Å². The summed E-state index contributed by atoms with van der Waals surface area (Å²) in [5.41, 5.74) is 2.17. The van der Waals surface area contributed by atoms with E-state index in [1.807, 2.05) is 26.8 Å². The lowest BCUT2D eigenvalue weighted by molar-refractivity contribution is 0.0953. The third-order valence-corrected chi connectivity index (χ3v) is 2.34. The maximum Gasteiger partial charge on any atom is 0.254 e. The molecule has 0 atom stereocenters. The Morgan fingerprint density at radius 2 is 2.20 bits per heavy atom. The van der Waals surface area contributed by atoms with Crippen LogP contribution < -0.4 is 5.32 Å². The van der Waals surface area contributed by atoms with Crippen molar-refractivity contribution in [1.29, 1.82) is 0 Å². The summed E-state index contributed by atoms with van der Waals surface area (Å²) >= 11 is 5.94. The molecule has 0 bridgehead atoms. The number of nitrogens with zero attached hydrogens (tertiary/aromatic N) is 1. The van der Waals surface area contributed by atoms with Crippen LogP contribution in [0.3, 0.4) is 0 Å². The molecule has 0 aromatic carbocycles. The van der Waals surface area contributed by atoms with E-state index in [4.69, 9.17) is 11.6 Å². The van der Waals surface area contributed by atoms with Crippen LogP contribution in [0.15, 0.2) is 6.07 Å². The molecule has 15 heavy (non-hydrogen) atoms. The zero-order valence-corrected chi connectivity index (χ0v) is 9.98. The van der Waals surface area contributed by atoms with Gasteiger partial charge in [0.05, 0.1) is 5.56 Å². The first-order valence-corrected chi connectivity index (χ1v) is 5.36. The molecular formula is C11H15ClN2O. The molecule has 0 unspecified atom stereocenters. The summed E-state index contributed by atoms with van der Waals surface area (Å²) in [4.78, 5) is 15.8. The van der Waals surface area contributed by atoms with Crippen molar-refractivity contribution in [2.75, 3.05) is 6.54 Å². The first kappa shape index (κ1) is 12.0. The van der Waals surface area contributed by atoms with Gasteiger partial charge in [-0.25, -0.2) is 4.98 Å². The van der Waals surface area contributed by atoms with Gasteiger partial charge in [-0.2, -0.15) is 0 Å². The minimum atomic E-state index is -0.146. The Labute approximate surface area is 94.9 Å². The third-order valence-electron chi connectivity index (χ3n) is 2.06. The Morgan fingerprint density at radius 3 is 2.73 bits per heavy atom. The van der Waals surface area contributed by atoms with Crippen molar-refractivity contribution in [3.63, 3.8) is 0 Å². The van der Waals surface area contributed by atoms with E-state index in [0.29, 0.717) is 12.1 Å². The zero-order valence-electron chi connectivity index (χ0n) is 9.22. The van der Waals surface area contributed by atoms with Crippen molar-refractivity contribution in [2.45, 2.75) is 27.2 Å². The molecule has 1 N–H and O–H groups in total. The standard InChI is InChI=1S/C11H15ClN2O/c1-4-5-13-11(15)9-7(2)6-8(3)14-10(9)12/h6H,4-5H2,1-3H3,(H,13,15). The summed E-state index contributed by atoms with van der Waals surface area (Å²) in [5, 5.41) is 3.07. The van der Waals surface area contributed by atoms with Gasteiger partial charge in [0.25, 0.3) is 5.91 Å². The van der Waals surface area contributed by atoms with E-state index in [-0.39, 0.29) is 11.1 Å². The number of aromatic nitrogens is 1. The molecule has 0 saturated carbocycles. The molecule has 82 valence electrons. The molecule has 1 aromatic rings. The maximum atomic E-state index is 11.7. The Bertz CT molecular complexity index is 354. The summed E-state index contributed by atoms with van der Waals surface area (Å²) in [6, 6.07) is 1.85. The van der Waals surface area contributed by atoms with E-state index in [2.05, 4.69) is 10.3 Å². The molecule has 0 radical (unpaired) electrons. The predicted molar refractivity (Wildman–Crippen MR) is 61.3 cm³/mol. The Morgan fingerprint density at radius 1 is 1.53 bits per heavy atom. The van der Waals surface area contributed by atoms with Gasteiger partial charge in [0, 0.05) is 12.2 Å². The van der Waals surface area contributed by atoms with Crippen LogP contribution >= 0.6 is 11.6 Å². The molecule has 0 aliphatic heterocycles. The lowest BCUT2D eigenvalue weighted by Gasteiger charge is -2.08. The fourth-order valence-electron chi connectivity index (χ4n) is 1.39. The van der Waals surface area contributed by atoms with Crippen LogP contribution in [-0.2, 0) is 0 Å². The zero-order chi connectivity index (χ0) is 11.4. The van der Waals surface area contributed by atoms with Gasteiger partial charge in [0.15, 0.2) is 0 Å². The minimum Gasteiger partial charge on any atom is -0.352 e. The number of nitrogens with one attached hydrogen (secondary N) is 1. The first-order valence-electron chi connectivity index (χ1n) is 4.98. The summed E-state index contributed by atoms with van der Waals surface area (Å²) in [5.74, 6) is -0.146. The van der Waals surface area contributed by atoms with Gasteiger partial charge in [-0.15, -0.1) is 0 Å². The number of halogens is 1. The van der Waals surface area contributed by atoms with E-state index in [1.165, 1.54) is 0 Å². The molecule has 0 spiro atoms. The van der Waals surface area contributed by atoms with E-state index in [1.54, 1.807) is 0 Å². The molecule has 1 rings (SSSR count). The molecule has 1 amide bonds. The van der Waals surface area contributed by atoms with E-state index >= 15 is 0 Å². The third kappa shape index (κ3) is 2.93. The highest BCUT2D eigenvalue weighted by atomic mass is 35.5. The Kier molecular flexibility index (Phi) is 4.09. The topological polar surface area (TPSA) is 42.0 Å². The molecule has 3 nitrogen and oxygen atoms in total. The SMILES string of the molecule is CCCNC(=O)c1c(C)cc(C)nc1Cl. The molecule has 0 saturated heterocycles. The average molecular weight is 227 g/mol. The number of carbonyl (C=O) groups excluding carboxylic acids is 1. The number of hydrogen-bond acceptors (Lipinski definition) is 2. The second-order valence-electron chi connectivity index (χ2n) is 3.50. The minimum absolute atomic E-state index is 0.146. The molecule has 0 fully saturated rings. The quantitative estimate of drug-likeness (QED) is 0.805. The molecule has 1 aromatic heterocycles. The van der Waals surface area contributed by atoms with Gasteiger partial charge in [-0.1, -0.05) is 18.5 Å². The van der Waals surface area contributed by atoms with Crippen LogP contribution in [0.2, 0.25) is 5.15 Å². The summed E-state index contributed by atoms with van der Waals surface area (Å²) in [7, 11) is 0. The second kappa shape index (κ2) is 5.12. The van der Waals surface area contributed by atoms with Crippen molar-refractivity contribution >= 4 is 17.5 Å². The average Bonchev–Trinajstić information content (AvgIpc) is 2.12. The lowest BCUT2D eigenvalue weighted by atomic mass is 10.1. The van der Waals surface area contributed by atoms with Crippen LogP contribution in [-0.4, -0.2) is 17.4 Å². The molecule has 1 heterocycles. The van der Waals surface area contributed by atoms with Gasteiger partial charge in [-0.05, 0) is 31.9 Å². The number of aryl methyl sites for hydroxylation is 2. The van der Waals surface area contributed by atoms with Gasteiger partial charge in [-0.3, -0.25) is 4.79 Å². The van der Waals surface area contributed by atoms with Gasteiger partial charge in [0.1, 0.15) is 5.15 Å². The maximum absolute atomic E-state index is 11.7. The summed E-state index contributed by atoms with van der Waals surface area (Å²) < 4.78 is 0. The van der Waals surface area contributed by atoms with Gasteiger partial charge < -0.3 is 5.32 Å². The van der Waals surface area contributed by atoms with Gasteiger partial charge in [0.2, 0.25) is 0 Å². The largest absolute Gasteiger partial charge is 0.352 e. The van der Waals surface area contributed by atoms with Crippen molar-refractivity contribution < 1.29 is 4.79 Å². The van der Waals surface area contributed by atoms with Gasteiger partial charge >= 0.3 is 0 Å². The molecule has 4 heteroatoms. The molecule has 0 aliphatic carbocycles. The van der Waals surface area contributed by atoms with Crippen LogP contribution in [0.25, 0.3) is 0 Å². The number of rotatable bonds is 3. The summed E-state index contributed by atoms with van der Waals surface area (Å²) in [6.07, 6.45) is 0.904. The highest BCUT2D eigenvalue weighted by Gasteiger charge is 2.14. The molecular weight excluding hydrogens is 212 g/mol. The fraction of sp³-hybridized carbons (Fsp3) is 0.455. The number of amides is 1. The van der Waals surface area contributed by atoms with Crippen molar-refractivity contribution in [1.82, 2.24) is 10.3 Å². The highest BCUT2D eigenvalue weighted by Crippen LogP contribution is 2.18. The molecule has 0 aliphatic rings.